The summed E-state index contributed by atoms with van der Waals surface area (Å²) in [5.74, 6) is 0.965. The lowest BCUT2D eigenvalue weighted by Gasteiger charge is -2.46. The van der Waals surface area contributed by atoms with Gasteiger partial charge in [-0.25, -0.2) is 0 Å². The Labute approximate surface area is 70.1 Å². The van der Waals surface area contributed by atoms with Crippen LogP contribution in [0.4, 0.5) is 0 Å². The zero-order chi connectivity index (χ0) is 8.32. The Morgan fingerprint density at radius 3 is 2.45 bits per heavy atom. The molecule has 1 nitrogen and oxygen atoms in total. The van der Waals surface area contributed by atoms with Gasteiger partial charge in [0.25, 0.3) is 0 Å². The first-order valence-electron chi connectivity index (χ1n) is 4.71. The van der Waals surface area contributed by atoms with Gasteiger partial charge in [0.15, 0.2) is 0 Å². The van der Waals surface area contributed by atoms with E-state index in [0.717, 1.165) is 12.5 Å². The van der Waals surface area contributed by atoms with Gasteiger partial charge in [0.05, 0.1) is 0 Å². The van der Waals surface area contributed by atoms with Crippen LogP contribution < -0.4 is 0 Å². The molecule has 0 amide bonds. The molecule has 66 valence electrons. The summed E-state index contributed by atoms with van der Waals surface area (Å²) in [5, 5.41) is 0. The Morgan fingerprint density at radius 1 is 1.45 bits per heavy atom. The molecule has 0 aromatic carbocycles. The number of rotatable bonds is 4. The van der Waals surface area contributed by atoms with Crippen LogP contribution in [-0.4, -0.2) is 13.7 Å². The number of methoxy groups -OCH3 is 1. The SMILES string of the molecule is CCC1(CCOC)CC(C)C1. The Bertz CT molecular complexity index is 114. The van der Waals surface area contributed by atoms with Crippen molar-refractivity contribution in [2.24, 2.45) is 11.3 Å². The van der Waals surface area contributed by atoms with Crippen molar-refractivity contribution in [1.82, 2.24) is 0 Å². The molecule has 0 radical (unpaired) electrons. The molecule has 0 aliphatic heterocycles. The highest BCUT2D eigenvalue weighted by Gasteiger charge is 2.39. The number of ether oxygens (including phenoxy) is 1. The van der Waals surface area contributed by atoms with Crippen molar-refractivity contribution in [1.29, 1.82) is 0 Å². The van der Waals surface area contributed by atoms with Crippen molar-refractivity contribution < 1.29 is 4.74 Å². The number of hydrogen-bond donors (Lipinski definition) is 0. The van der Waals surface area contributed by atoms with E-state index in [2.05, 4.69) is 13.8 Å². The van der Waals surface area contributed by atoms with Crippen LogP contribution >= 0.6 is 0 Å². The van der Waals surface area contributed by atoms with E-state index in [1.165, 1.54) is 25.7 Å². The van der Waals surface area contributed by atoms with E-state index in [4.69, 9.17) is 4.74 Å². The monoisotopic (exact) mass is 156 g/mol. The van der Waals surface area contributed by atoms with E-state index in [1.807, 2.05) is 0 Å². The molecule has 0 N–H and O–H groups in total. The summed E-state index contributed by atoms with van der Waals surface area (Å²) < 4.78 is 5.11. The Hall–Kier alpha value is -0.0400. The topological polar surface area (TPSA) is 9.23 Å². The minimum absolute atomic E-state index is 0.662. The quantitative estimate of drug-likeness (QED) is 0.608. The van der Waals surface area contributed by atoms with Crippen LogP contribution in [0.5, 0.6) is 0 Å². The van der Waals surface area contributed by atoms with E-state index < -0.39 is 0 Å². The van der Waals surface area contributed by atoms with Gasteiger partial charge in [0.1, 0.15) is 0 Å². The van der Waals surface area contributed by atoms with E-state index >= 15 is 0 Å². The van der Waals surface area contributed by atoms with Crippen molar-refractivity contribution in [3.8, 4) is 0 Å². The molecule has 1 rings (SSSR count). The van der Waals surface area contributed by atoms with Crippen LogP contribution in [0.3, 0.4) is 0 Å². The average molecular weight is 156 g/mol. The zero-order valence-electron chi connectivity index (χ0n) is 8.02. The fourth-order valence-electron chi connectivity index (χ4n) is 2.41. The van der Waals surface area contributed by atoms with E-state index in [-0.39, 0.29) is 0 Å². The summed E-state index contributed by atoms with van der Waals surface area (Å²) in [5.41, 5.74) is 0.662. The molecular weight excluding hydrogens is 136 g/mol. The lowest BCUT2D eigenvalue weighted by Crippen LogP contribution is -2.36. The summed E-state index contributed by atoms with van der Waals surface area (Å²) in [6, 6.07) is 0. The van der Waals surface area contributed by atoms with Gasteiger partial charge in [-0.15, -0.1) is 0 Å². The summed E-state index contributed by atoms with van der Waals surface area (Å²) in [6.45, 7) is 5.60. The van der Waals surface area contributed by atoms with E-state index in [1.54, 1.807) is 7.11 Å². The van der Waals surface area contributed by atoms with Crippen LogP contribution in [0.25, 0.3) is 0 Å². The molecule has 0 saturated heterocycles. The first kappa shape index (κ1) is 9.05. The molecule has 0 aromatic rings. The molecule has 1 aliphatic carbocycles. The smallest absolute Gasteiger partial charge is 0.0467 e. The molecule has 1 saturated carbocycles. The molecule has 0 atom stereocenters. The van der Waals surface area contributed by atoms with Gasteiger partial charge in [-0.1, -0.05) is 20.3 Å². The molecular formula is C10H20O. The van der Waals surface area contributed by atoms with Crippen LogP contribution in [0.15, 0.2) is 0 Å². The van der Waals surface area contributed by atoms with E-state index in [9.17, 15) is 0 Å². The van der Waals surface area contributed by atoms with Crippen LogP contribution in [0, 0.1) is 11.3 Å². The molecule has 0 spiro atoms. The lowest BCUT2D eigenvalue weighted by atomic mass is 9.60. The van der Waals surface area contributed by atoms with Gasteiger partial charge in [-0.3, -0.25) is 0 Å². The second kappa shape index (κ2) is 3.57. The minimum Gasteiger partial charge on any atom is -0.385 e. The lowest BCUT2D eigenvalue weighted by molar-refractivity contribution is 0.0229. The average Bonchev–Trinajstić information content (AvgIpc) is 1.96. The van der Waals surface area contributed by atoms with Crippen LogP contribution in [-0.2, 0) is 4.74 Å². The highest BCUT2D eigenvalue weighted by atomic mass is 16.5. The Kier molecular flexibility index (Phi) is 2.94. The molecule has 1 aliphatic rings. The largest absolute Gasteiger partial charge is 0.385 e. The van der Waals surface area contributed by atoms with Crippen molar-refractivity contribution in [3.63, 3.8) is 0 Å². The zero-order valence-corrected chi connectivity index (χ0v) is 8.02. The van der Waals surface area contributed by atoms with Gasteiger partial charge < -0.3 is 4.74 Å². The molecule has 0 unspecified atom stereocenters. The van der Waals surface area contributed by atoms with E-state index in [0.29, 0.717) is 5.41 Å². The van der Waals surface area contributed by atoms with Gasteiger partial charge in [-0.2, -0.15) is 0 Å². The Balaban J connectivity index is 2.26. The third-order valence-electron chi connectivity index (χ3n) is 3.15. The normalized spacial score (nSPS) is 36.8. The molecule has 1 heteroatoms. The first-order chi connectivity index (χ1) is 5.22. The van der Waals surface area contributed by atoms with Crippen molar-refractivity contribution >= 4 is 0 Å². The number of hydrogen-bond acceptors (Lipinski definition) is 1. The van der Waals surface area contributed by atoms with Gasteiger partial charge in [0.2, 0.25) is 0 Å². The third kappa shape index (κ3) is 1.96. The standard InChI is InChI=1S/C10H20O/c1-4-10(5-6-11-3)7-9(2)8-10/h9H,4-8H2,1-3H3. The molecule has 0 heterocycles. The highest BCUT2D eigenvalue weighted by molar-refractivity contribution is 4.90. The third-order valence-corrected chi connectivity index (χ3v) is 3.15. The molecule has 11 heavy (non-hydrogen) atoms. The van der Waals surface area contributed by atoms with Crippen LogP contribution in [0.2, 0.25) is 0 Å². The second-order valence-corrected chi connectivity index (χ2v) is 4.11. The maximum Gasteiger partial charge on any atom is 0.0467 e. The maximum atomic E-state index is 5.11. The minimum atomic E-state index is 0.662. The first-order valence-corrected chi connectivity index (χ1v) is 4.71. The van der Waals surface area contributed by atoms with Crippen LogP contribution in [0.1, 0.15) is 39.5 Å². The summed E-state index contributed by atoms with van der Waals surface area (Å²) in [7, 11) is 1.80. The predicted octanol–water partition coefficient (Wildman–Crippen LogP) is 2.85. The summed E-state index contributed by atoms with van der Waals surface area (Å²) in [6.07, 6.45) is 5.45. The van der Waals surface area contributed by atoms with Crippen molar-refractivity contribution in [2.45, 2.75) is 39.5 Å². The predicted molar refractivity (Wildman–Crippen MR) is 47.6 cm³/mol. The Morgan fingerprint density at radius 2 is 2.09 bits per heavy atom. The van der Waals surface area contributed by atoms with Gasteiger partial charge >= 0.3 is 0 Å². The van der Waals surface area contributed by atoms with Crippen molar-refractivity contribution in [3.05, 3.63) is 0 Å². The van der Waals surface area contributed by atoms with Gasteiger partial charge in [-0.05, 0) is 30.6 Å². The van der Waals surface area contributed by atoms with Crippen molar-refractivity contribution in [2.75, 3.05) is 13.7 Å². The fraction of sp³-hybridized carbons (Fsp3) is 1.00. The summed E-state index contributed by atoms with van der Waals surface area (Å²) in [4.78, 5) is 0. The molecule has 0 bridgehead atoms. The molecule has 1 fully saturated rings. The maximum absolute atomic E-state index is 5.11. The fourth-order valence-corrected chi connectivity index (χ4v) is 2.41. The van der Waals surface area contributed by atoms with Gasteiger partial charge in [0, 0.05) is 13.7 Å². The molecule has 0 aromatic heterocycles. The summed E-state index contributed by atoms with van der Waals surface area (Å²) >= 11 is 0. The second-order valence-electron chi connectivity index (χ2n) is 4.11. The highest BCUT2D eigenvalue weighted by Crippen LogP contribution is 2.50.